The molecule has 0 unspecified atom stereocenters. The van der Waals surface area contributed by atoms with Crippen molar-refractivity contribution >= 4 is 10.0 Å². The van der Waals surface area contributed by atoms with Gasteiger partial charge in [0.15, 0.2) is 0 Å². The maximum atomic E-state index is 12.4. The van der Waals surface area contributed by atoms with E-state index in [1.165, 1.54) is 4.31 Å². The lowest BCUT2D eigenvalue weighted by Crippen LogP contribution is -2.46. The molecule has 0 amide bonds. The second kappa shape index (κ2) is 6.36. The Labute approximate surface area is 114 Å². The van der Waals surface area contributed by atoms with E-state index in [0.29, 0.717) is 43.4 Å². The minimum atomic E-state index is -3.36. The van der Waals surface area contributed by atoms with Gasteiger partial charge in [-0.05, 0) is 30.7 Å². The van der Waals surface area contributed by atoms with Gasteiger partial charge in [0.25, 0.3) is 0 Å². The van der Waals surface area contributed by atoms with Gasteiger partial charge in [0.1, 0.15) is 5.75 Å². The zero-order valence-corrected chi connectivity index (χ0v) is 11.9. The number of hydrogen-bond acceptors (Lipinski definition) is 4. The van der Waals surface area contributed by atoms with Crippen LogP contribution in [0.15, 0.2) is 29.2 Å². The summed E-state index contributed by atoms with van der Waals surface area (Å²) in [6.07, 6.45) is 0.931. The summed E-state index contributed by atoms with van der Waals surface area (Å²) in [6, 6.07) is 6.65. The summed E-state index contributed by atoms with van der Waals surface area (Å²) in [6.45, 7) is 5.13. The van der Waals surface area contributed by atoms with Crippen molar-refractivity contribution in [1.29, 1.82) is 0 Å². The van der Waals surface area contributed by atoms with Gasteiger partial charge in [0.05, 0.1) is 11.5 Å². The van der Waals surface area contributed by atoms with Crippen molar-refractivity contribution < 1.29 is 13.2 Å². The first-order valence-corrected chi connectivity index (χ1v) is 8.02. The Bertz CT molecular complexity index is 493. The number of sulfonamides is 1. The van der Waals surface area contributed by atoms with Gasteiger partial charge in [-0.1, -0.05) is 6.92 Å². The topological polar surface area (TPSA) is 58.6 Å². The molecular formula is C13H20N2O3S. The molecular weight excluding hydrogens is 264 g/mol. The first-order valence-electron chi connectivity index (χ1n) is 6.58. The van der Waals surface area contributed by atoms with Gasteiger partial charge in [-0.15, -0.1) is 0 Å². The van der Waals surface area contributed by atoms with Gasteiger partial charge in [-0.25, -0.2) is 8.42 Å². The van der Waals surface area contributed by atoms with Crippen LogP contribution in [-0.2, 0) is 10.0 Å². The highest BCUT2D eigenvalue weighted by Gasteiger charge is 2.25. The van der Waals surface area contributed by atoms with Crippen LogP contribution in [-0.4, -0.2) is 45.5 Å². The van der Waals surface area contributed by atoms with Gasteiger partial charge in [0, 0.05) is 26.2 Å². The molecule has 1 aliphatic heterocycles. The highest BCUT2D eigenvalue weighted by Crippen LogP contribution is 2.20. The van der Waals surface area contributed by atoms with Crippen LogP contribution < -0.4 is 10.1 Å². The van der Waals surface area contributed by atoms with Gasteiger partial charge in [-0.2, -0.15) is 4.31 Å². The van der Waals surface area contributed by atoms with Crippen LogP contribution in [0.4, 0.5) is 0 Å². The third-order valence-corrected chi connectivity index (χ3v) is 4.92. The molecule has 0 radical (unpaired) electrons. The van der Waals surface area contributed by atoms with E-state index in [1.807, 2.05) is 6.92 Å². The van der Waals surface area contributed by atoms with Crippen molar-refractivity contribution in [1.82, 2.24) is 9.62 Å². The molecule has 0 aromatic heterocycles. The lowest BCUT2D eigenvalue weighted by molar-refractivity contribution is 0.317. The van der Waals surface area contributed by atoms with Crippen LogP contribution in [0.3, 0.4) is 0 Å². The fourth-order valence-corrected chi connectivity index (χ4v) is 3.40. The number of piperazine rings is 1. The van der Waals surface area contributed by atoms with E-state index >= 15 is 0 Å². The lowest BCUT2D eigenvalue weighted by atomic mass is 10.3. The first kappa shape index (κ1) is 14.3. The third-order valence-electron chi connectivity index (χ3n) is 3.01. The van der Waals surface area contributed by atoms with Crippen molar-refractivity contribution in [2.24, 2.45) is 0 Å². The molecule has 0 spiro atoms. The van der Waals surface area contributed by atoms with Gasteiger partial charge in [-0.3, -0.25) is 0 Å². The molecule has 0 saturated carbocycles. The highest BCUT2D eigenvalue weighted by atomic mass is 32.2. The second-order valence-electron chi connectivity index (χ2n) is 4.47. The van der Waals surface area contributed by atoms with E-state index in [9.17, 15) is 8.42 Å². The summed E-state index contributed by atoms with van der Waals surface area (Å²) >= 11 is 0. The first-order chi connectivity index (χ1) is 9.14. The van der Waals surface area contributed by atoms with E-state index in [-0.39, 0.29) is 0 Å². The second-order valence-corrected chi connectivity index (χ2v) is 6.41. The molecule has 1 saturated heterocycles. The Morgan fingerprint density at radius 2 is 1.84 bits per heavy atom. The zero-order valence-electron chi connectivity index (χ0n) is 11.1. The number of nitrogens with zero attached hydrogens (tertiary/aromatic N) is 1. The summed E-state index contributed by atoms with van der Waals surface area (Å²) in [5, 5.41) is 3.14. The molecule has 0 atom stereocenters. The molecule has 5 nitrogen and oxygen atoms in total. The van der Waals surface area contributed by atoms with Crippen molar-refractivity contribution in [3.05, 3.63) is 24.3 Å². The Morgan fingerprint density at radius 3 is 2.42 bits per heavy atom. The summed E-state index contributed by atoms with van der Waals surface area (Å²) in [4.78, 5) is 0.332. The molecule has 1 aliphatic rings. The molecule has 1 aromatic rings. The number of benzene rings is 1. The van der Waals surface area contributed by atoms with E-state index < -0.39 is 10.0 Å². The van der Waals surface area contributed by atoms with Crippen LogP contribution in [0.25, 0.3) is 0 Å². The predicted molar refractivity (Wildman–Crippen MR) is 73.9 cm³/mol. The predicted octanol–water partition coefficient (Wildman–Crippen LogP) is 1.07. The van der Waals surface area contributed by atoms with Crippen molar-refractivity contribution in [3.63, 3.8) is 0 Å². The van der Waals surface area contributed by atoms with Crippen molar-refractivity contribution in [2.45, 2.75) is 18.2 Å². The number of rotatable bonds is 5. The number of nitrogens with one attached hydrogen (secondary N) is 1. The largest absolute Gasteiger partial charge is 0.494 e. The quantitative estimate of drug-likeness (QED) is 0.878. The van der Waals surface area contributed by atoms with Crippen LogP contribution in [0.5, 0.6) is 5.75 Å². The standard InChI is InChI=1S/C13H20N2O3S/c1-2-11-18-12-3-5-13(6-4-12)19(16,17)15-9-7-14-8-10-15/h3-6,14H,2,7-11H2,1H3. The molecule has 6 heteroatoms. The van der Waals surface area contributed by atoms with Crippen LogP contribution >= 0.6 is 0 Å². The third kappa shape index (κ3) is 3.46. The molecule has 0 bridgehead atoms. The summed E-state index contributed by atoms with van der Waals surface area (Å²) < 4.78 is 31.7. The molecule has 1 aromatic carbocycles. The molecule has 1 fully saturated rings. The van der Waals surface area contributed by atoms with Crippen LogP contribution in [0.2, 0.25) is 0 Å². The molecule has 1 heterocycles. The molecule has 106 valence electrons. The lowest BCUT2D eigenvalue weighted by Gasteiger charge is -2.26. The van der Waals surface area contributed by atoms with Gasteiger partial charge in [0.2, 0.25) is 10.0 Å². The smallest absolute Gasteiger partial charge is 0.243 e. The SMILES string of the molecule is CCCOc1ccc(S(=O)(=O)N2CCNCC2)cc1. The molecule has 1 N–H and O–H groups in total. The van der Waals surface area contributed by atoms with E-state index in [4.69, 9.17) is 4.74 Å². The average molecular weight is 284 g/mol. The minimum absolute atomic E-state index is 0.332. The van der Waals surface area contributed by atoms with Crippen molar-refractivity contribution in [3.8, 4) is 5.75 Å². The average Bonchev–Trinajstić information content (AvgIpc) is 2.46. The maximum Gasteiger partial charge on any atom is 0.243 e. The van der Waals surface area contributed by atoms with E-state index in [1.54, 1.807) is 24.3 Å². The monoisotopic (exact) mass is 284 g/mol. The van der Waals surface area contributed by atoms with Crippen LogP contribution in [0.1, 0.15) is 13.3 Å². The Morgan fingerprint density at radius 1 is 1.21 bits per heavy atom. The molecule has 0 aliphatic carbocycles. The summed E-state index contributed by atoms with van der Waals surface area (Å²) in [5.41, 5.74) is 0. The van der Waals surface area contributed by atoms with Crippen molar-refractivity contribution in [2.75, 3.05) is 32.8 Å². The molecule has 2 rings (SSSR count). The molecule has 19 heavy (non-hydrogen) atoms. The van der Waals surface area contributed by atoms with E-state index in [0.717, 1.165) is 6.42 Å². The Balaban J connectivity index is 2.11. The summed E-state index contributed by atoms with van der Waals surface area (Å²) in [7, 11) is -3.36. The van der Waals surface area contributed by atoms with Gasteiger partial charge >= 0.3 is 0 Å². The zero-order chi connectivity index (χ0) is 13.7. The van der Waals surface area contributed by atoms with Gasteiger partial charge < -0.3 is 10.1 Å². The normalized spacial score (nSPS) is 17.3. The van der Waals surface area contributed by atoms with Crippen LogP contribution in [0, 0.1) is 0 Å². The Kier molecular flexibility index (Phi) is 4.79. The fraction of sp³-hybridized carbons (Fsp3) is 0.538. The van der Waals surface area contributed by atoms with E-state index in [2.05, 4.69) is 5.32 Å². The fourth-order valence-electron chi connectivity index (χ4n) is 1.96. The highest BCUT2D eigenvalue weighted by molar-refractivity contribution is 7.89. The minimum Gasteiger partial charge on any atom is -0.494 e. The summed E-state index contributed by atoms with van der Waals surface area (Å²) in [5.74, 6) is 0.709. The Hall–Kier alpha value is -1.11. The maximum absolute atomic E-state index is 12.4. The number of ether oxygens (including phenoxy) is 1. The number of hydrogen-bond donors (Lipinski definition) is 1.